The van der Waals surface area contributed by atoms with Crippen LogP contribution in [0.25, 0.3) is 20.2 Å². The highest BCUT2D eigenvalue weighted by molar-refractivity contribution is 8.01. The Morgan fingerprint density at radius 1 is 0.500 bits per heavy atom. The van der Waals surface area contributed by atoms with Crippen LogP contribution in [0.5, 0.6) is 11.5 Å². The molecule has 2 aromatic heterocycles. The van der Waals surface area contributed by atoms with Crippen LogP contribution in [0, 0.1) is 0 Å². The third kappa shape index (κ3) is 6.44. The quantitative estimate of drug-likeness (QED) is 0.162. The summed E-state index contributed by atoms with van der Waals surface area (Å²) in [6.07, 6.45) is 3.33. The summed E-state index contributed by atoms with van der Waals surface area (Å²) >= 11 is 6.84. The van der Waals surface area contributed by atoms with Crippen LogP contribution >= 0.6 is 46.2 Å². The lowest BCUT2D eigenvalue weighted by Crippen LogP contribution is -1.85. The van der Waals surface area contributed by atoms with E-state index in [1.54, 1.807) is 70.8 Å². The molecule has 0 spiro atoms. The number of aromatic hydroxyl groups is 2. The second-order valence-corrected chi connectivity index (χ2v) is 14.8. The molecule has 44 heavy (non-hydrogen) atoms. The second-order valence-electron chi connectivity index (χ2n) is 9.86. The van der Waals surface area contributed by atoms with Crippen LogP contribution in [0.15, 0.2) is 150 Å². The number of phenolic OH excluding ortho intramolecular Hbond substituents is 2. The van der Waals surface area contributed by atoms with Crippen molar-refractivity contribution in [3.8, 4) is 11.5 Å². The van der Waals surface area contributed by atoms with Gasteiger partial charge in [0.25, 0.3) is 0 Å². The first kappa shape index (κ1) is 28.4. The highest BCUT2D eigenvalue weighted by Crippen LogP contribution is 2.40. The van der Waals surface area contributed by atoms with Gasteiger partial charge in [-0.3, -0.25) is 9.98 Å². The van der Waals surface area contributed by atoms with E-state index in [-0.39, 0.29) is 11.5 Å². The van der Waals surface area contributed by atoms with Gasteiger partial charge < -0.3 is 10.2 Å². The van der Waals surface area contributed by atoms with Gasteiger partial charge >= 0.3 is 0 Å². The van der Waals surface area contributed by atoms with Crippen molar-refractivity contribution in [1.82, 2.24) is 0 Å². The van der Waals surface area contributed by atoms with Crippen molar-refractivity contribution in [2.75, 3.05) is 0 Å². The third-order valence-electron chi connectivity index (χ3n) is 6.81. The first-order valence-corrected chi connectivity index (χ1v) is 17.0. The van der Waals surface area contributed by atoms with E-state index >= 15 is 0 Å². The van der Waals surface area contributed by atoms with Gasteiger partial charge in [-0.15, -0.1) is 22.7 Å². The van der Waals surface area contributed by atoms with Crippen LogP contribution < -0.4 is 0 Å². The molecular formula is C36H24N2O2S4. The molecule has 0 aliphatic carbocycles. The van der Waals surface area contributed by atoms with Gasteiger partial charge in [0.15, 0.2) is 0 Å². The Bertz CT molecular complexity index is 1960. The van der Waals surface area contributed by atoms with Gasteiger partial charge in [0.2, 0.25) is 0 Å². The molecule has 0 unspecified atom stereocenters. The summed E-state index contributed by atoms with van der Waals surface area (Å²) < 4.78 is 4.88. The Hall–Kier alpha value is -4.34. The molecule has 0 aliphatic heterocycles. The lowest BCUT2D eigenvalue weighted by Gasteiger charge is -2.05. The van der Waals surface area contributed by atoms with Crippen LogP contribution in [0.1, 0.15) is 11.1 Å². The molecule has 0 saturated carbocycles. The van der Waals surface area contributed by atoms with Crippen LogP contribution in [-0.4, -0.2) is 22.6 Å². The number of thiophene rings is 2. The molecule has 0 bridgehead atoms. The average molecular weight is 645 g/mol. The standard InChI is InChI=1S/C36H24N2O2S4/c39-31-15-13-27(41-35-19-23-7-1-5-11-33(23)43-35)17-25(31)21-37-29-9-3-4-10-30(29)38-22-26-18-28(14-16-32(26)40)42-36-20-24-8-2-6-12-34(24)44-36/h1-22,39-40H. The highest BCUT2D eigenvalue weighted by atomic mass is 32.2. The molecule has 0 amide bonds. The van der Waals surface area contributed by atoms with Crippen molar-refractivity contribution in [1.29, 1.82) is 0 Å². The molecule has 0 fully saturated rings. The smallest absolute Gasteiger partial charge is 0.124 e. The summed E-state index contributed by atoms with van der Waals surface area (Å²) in [7, 11) is 0. The van der Waals surface area contributed by atoms with Gasteiger partial charge in [0.1, 0.15) is 11.5 Å². The molecule has 0 radical (unpaired) electrons. The maximum Gasteiger partial charge on any atom is 0.124 e. The summed E-state index contributed by atoms with van der Waals surface area (Å²) in [6.45, 7) is 0. The van der Waals surface area contributed by atoms with E-state index in [9.17, 15) is 10.2 Å². The highest BCUT2D eigenvalue weighted by Gasteiger charge is 2.09. The molecule has 214 valence electrons. The van der Waals surface area contributed by atoms with Crippen molar-refractivity contribution < 1.29 is 10.2 Å². The molecule has 7 aromatic rings. The predicted molar refractivity (Wildman–Crippen MR) is 189 cm³/mol. The van der Waals surface area contributed by atoms with E-state index < -0.39 is 0 Å². The van der Waals surface area contributed by atoms with Crippen molar-refractivity contribution in [3.63, 3.8) is 0 Å². The minimum absolute atomic E-state index is 0.160. The summed E-state index contributed by atoms with van der Waals surface area (Å²) in [6, 6.07) is 39.8. The topological polar surface area (TPSA) is 65.2 Å². The maximum absolute atomic E-state index is 10.6. The van der Waals surface area contributed by atoms with Crippen LogP contribution in [0.2, 0.25) is 0 Å². The van der Waals surface area contributed by atoms with Crippen molar-refractivity contribution in [2.45, 2.75) is 18.2 Å². The zero-order valence-electron chi connectivity index (χ0n) is 23.1. The zero-order chi connectivity index (χ0) is 29.9. The van der Waals surface area contributed by atoms with Crippen LogP contribution in [-0.2, 0) is 0 Å². The molecule has 7 rings (SSSR count). The first-order valence-electron chi connectivity index (χ1n) is 13.7. The largest absolute Gasteiger partial charge is 0.507 e. The average Bonchev–Trinajstić information content (AvgIpc) is 3.65. The van der Waals surface area contributed by atoms with E-state index in [0.29, 0.717) is 22.5 Å². The fourth-order valence-electron chi connectivity index (χ4n) is 4.61. The Morgan fingerprint density at radius 2 is 0.932 bits per heavy atom. The molecule has 0 atom stereocenters. The van der Waals surface area contributed by atoms with Crippen LogP contribution in [0.3, 0.4) is 0 Å². The molecule has 2 N–H and O–H groups in total. The molecule has 5 aromatic carbocycles. The molecular weight excluding hydrogens is 621 g/mol. The fraction of sp³-hybridized carbons (Fsp3) is 0. The predicted octanol–water partition coefficient (Wildman–Crippen LogP) is 11.3. The van der Waals surface area contributed by atoms with Crippen molar-refractivity contribution >= 4 is 90.2 Å². The van der Waals surface area contributed by atoms with Gasteiger partial charge in [-0.2, -0.15) is 0 Å². The van der Waals surface area contributed by atoms with Crippen molar-refractivity contribution in [2.24, 2.45) is 9.98 Å². The molecule has 8 heteroatoms. The number of aliphatic imine (C=N–C) groups is 2. The molecule has 2 heterocycles. The maximum atomic E-state index is 10.6. The number of benzene rings is 5. The lowest BCUT2D eigenvalue weighted by atomic mass is 10.2. The molecule has 4 nitrogen and oxygen atoms in total. The van der Waals surface area contributed by atoms with Crippen LogP contribution in [0.4, 0.5) is 11.4 Å². The number of hydrogen-bond acceptors (Lipinski definition) is 8. The minimum Gasteiger partial charge on any atom is -0.507 e. The molecule has 0 saturated heterocycles. The number of phenols is 2. The van der Waals surface area contributed by atoms with E-state index in [2.05, 4.69) is 58.5 Å². The van der Waals surface area contributed by atoms with Gasteiger partial charge in [-0.25, -0.2) is 0 Å². The van der Waals surface area contributed by atoms with E-state index in [1.807, 2.05) is 60.7 Å². The summed E-state index contributed by atoms with van der Waals surface area (Å²) in [5, 5.41) is 23.6. The first-order chi connectivity index (χ1) is 21.6. The summed E-state index contributed by atoms with van der Waals surface area (Å²) in [5.74, 6) is 0.321. The Kier molecular flexibility index (Phi) is 8.22. The Morgan fingerprint density at radius 3 is 1.39 bits per heavy atom. The van der Waals surface area contributed by atoms with Gasteiger partial charge in [0, 0.05) is 42.7 Å². The normalized spacial score (nSPS) is 11.8. The van der Waals surface area contributed by atoms with E-state index in [4.69, 9.17) is 0 Å². The Labute approximate surface area is 271 Å². The zero-order valence-corrected chi connectivity index (χ0v) is 26.4. The number of nitrogens with zero attached hydrogens (tertiary/aromatic N) is 2. The van der Waals surface area contributed by atoms with E-state index in [0.717, 1.165) is 9.79 Å². The molecule has 0 aliphatic rings. The monoisotopic (exact) mass is 644 g/mol. The number of fused-ring (bicyclic) bond motifs is 2. The number of para-hydroxylation sites is 2. The number of rotatable bonds is 8. The lowest BCUT2D eigenvalue weighted by molar-refractivity contribution is 0.473. The van der Waals surface area contributed by atoms with Gasteiger partial charge in [0.05, 0.1) is 19.8 Å². The van der Waals surface area contributed by atoms with Crippen molar-refractivity contribution in [3.05, 3.63) is 132 Å². The summed E-state index contributed by atoms with van der Waals surface area (Å²) in [4.78, 5) is 11.4. The minimum atomic E-state index is 0.160. The Balaban J connectivity index is 1.10. The fourth-order valence-corrected chi connectivity index (χ4v) is 9.13. The van der Waals surface area contributed by atoms with E-state index in [1.165, 1.54) is 28.6 Å². The van der Waals surface area contributed by atoms with Gasteiger partial charge in [-0.1, -0.05) is 72.1 Å². The second kappa shape index (κ2) is 12.7. The third-order valence-corrected chi connectivity index (χ3v) is 11.2. The SMILES string of the molecule is Oc1ccc(Sc2cc3ccccc3s2)cc1C=Nc1ccccc1N=Cc1cc(Sc2cc3ccccc3s2)ccc1O. The van der Waals surface area contributed by atoms with Gasteiger partial charge in [-0.05, 0) is 83.6 Å². The summed E-state index contributed by atoms with van der Waals surface area (Å²) in [5.41, 5.74) is 2.55. The number of hydrogen-bond donors (Lipinski definition) is 2.